The van der Waals surface area contributed by atoms with Crippen LogP contribution in [0.2, 0.25) is 0 Å². The molecule has 32 heavy (non-hydrogen) atoms. The van der Waals surface area contributed by atoms with Crippen molar-refractivity contribution in [2.24, 2.45) is 0 Å². The molecule has 0 aliphatic carbocycles. The SMILES string of the molecule is C=C(C[N+](=O)[O-])NC(=O)c1cc(SSc2ccc(OC(C)=O)c(C)c2)ccc1OC(C)=O. The van der Waals surface area contributed by atoms with Gasteiger partial charge in [-0.25, -0.2) is 0 Å². The number of aryl methyl sites for hydroxylation is 1. The second-order valence-electron chi connectivity index (χ2n) is 6.49. The first-order chi connectivity index (χ1) is 15.0. The van der Waals surface area contributed by atoms with Crippen molar-refractivity contribution in [2.75, 3.05) is 6.54 Å². The van der Waals surface area contributed by atoms with E-state index in [1.165, 1.54) is 47.6 Å². The minimum Gasteiger partial charge on any atom is -0.426 e. The van der Waals surface area contributed by atoms with E-state index in [2.05, 4.69) is 11.9 Å². The maximum atomic E-state index is 12.6. The van der Waals surface area contributed by atoms with E-state index in [4.69, 9.17) is 9.47 Å². The highest BCUT2D eigenvalue weighted by atomic mass is 33.1. The van der Waals surface area contributed by atoms with Gasteiger partial charge in [-0.2, -0.15) is 0 Å². The normalized spacial score (nSPS) is 10.2. The number of hydrogen-bond donors (Lipinski definition) is 1. The predicted molar refractivity (Wildman–Crippen MR) is 120 cm³/mol. The third-order valence-electron chi connectivity index (χ3n) is 3.69. The first-order valence-corrected chi connectivity index (χ1v) is 11.3. The van der Waals surface area contributed by atoms with Gasteiger partial charge in [-0.3, -0.25) is 24.5 Å². The molecule has 11 heteroatoms. The van der Waals surface area contributed by atoms with Gasteiger partial charge in [-0.15, -0.1) is 0 Å². The number of benzene rings is 2. The number of nitrogens with one attached hydrogen (secondary N) is 1. The molecule has 0 atom stereocenters. The zero-order valence-electron chi connectivity index (χ0n) is 17.5. The summed E-state index contributed by atoms with van der Waals surface area (Å²) >= 11 is 0. The van der Waals surface area contributed by atoms with Gasteiger partial charge in [0.2, 0.25) is 6.54 Å². The van der Waals surface area contributed by atoms with Gasteiger partial charge in [0.05, 0.1) is 11.3 Å². The molecule has 2 aromatic rings. The number of nitrogens with zero attached hydrogens (tertiary/aromatic N) is 1. The molecule has 0 fully saturated rings. The van der Waals surface area contributed by atoms with Gasteiger partial charge < -0.3 is 14.8 Å². The molecule has 0 radical (unpaired) electrons. The monoisotopic (exact) mass is 476 g/mol. The fraction of sp³-hybridized carbons (Fsp3) is 0.190. The molecule has 0 heterocycles. The first kappa shape index (κ1) is 25.0. The number of amides is 1. The molecule has 2 rings (SSSR count). The van der Waals surface area contributed by atoms with E-state index in [0.29, 0.717) is 10.6 Å². The minimum atomic E-state index is -0.679. The summed E-state index contributed by atoms with van der Waals surface area (Å²) < 4.78 is 10.2. The van der Waals surface area contributed by atoms with Crippen LogP contribution in [0.25, 0.3) is 0 Å². The average Bonchev–Trinajstić information content (AvgIpc) is 2.67. The zero-order chi connectivity index (χ0) is 23.8. The van der Waals surface area contributed by atoms with Gasteiger partial charge in [0.25, 0.3) is 5.91 Å². The molecule has 168 valence electrons. The zero-order valence-corrected chi connectivity index (χ0v) is 19.1. The van der Waals surface area contributed by atoms with Crippen LogP contribution in [0.1, 0.15) is 29.8 Å². The lowest BCUT2D eigenvalue weighted by atomic mass is 10.2. The third kappa shape index (κ3) is 7.75. The molecule has 0 saturated heterocycles. The summed E-state index contributed by atoms with van der Waals surface area (Å²) in [5, 5.41) is 13.0. The fourth-order valence-corrected chi connectivity index (χ4v) is 4.47. The van der Waals surface area contributed by atoms with Crippen LogP contribution >= 0.6 is 21.6 Å². The van der Waals surface area contributed by atoms with Crippen LogP contribution in [0.3, 0.4) is 0 Å². The van der Waals surface area contributed by atoms with Gasteiger partial charge in [0.15, 0.2) is 0 Å². The summed E-state index contributed by atoms with van der Waals surface area (Å²) in [6, 6.07) is 10.0. The highest BCUT2D eigenvalue weighted by molar-refractivity contribution is 8.76. The van der Waals surface area contributed by atoms with Crippen molar-refractivity contribution in [2.45, 2.75) is 30.6 Å². The van der Waals surface area contributed by atoms with Crippen molar-refractivity contribution in [3.63, 3.8) is 0 Å². The number of ether oxygens (including phenoxy) is 2. The van der Waals surface area contributed by atoms with E-state index in [1.54, 1.807) is 18.2 Å². The quantitative estimate of drug-likeness (QED) is 0.187. The standard InChI is InChI=1S/C21H20N2O7S2/c1-12-9-16(5-7-19(12)29-14(3)24)31-32-17-6-8-20(30-15(4)25)18(10-17)21(26)22-13(2)11-23(27)28/h5-10H,2,11H2,1,3-4H3,(H,22,26). The smallest absolute Gasteiger partial charge is 0.308 e. The van der Waals surface area contributed by atoms with E-state index >= 15 is 0 Å². The van der Waals surface area contributed by atoms with Crippen LogP contribution in [-0.2, 0) is 9.59 Å². The van der Waals surface area contributed by atoms with Gasteiger partial charge in [0.1, 0.15) is 11.5 Å². The van der Waals surface area contributed by atoms with Crippen LogP contribution in [0.5, 0.6) is 11.5 Å². The topological polar surface area (TPSA) is 125 Å². The largest absolute Gasteiger partial charge is 0.426 e. The van der Waals surface area contributed by atoms with E-state index in [-0.39, 0.29) is 17.0 Å². The Morgan fingerprint density at radius 3 is 2.06 bits per heavy atom. The molecule has 0 aliphatic heterocycles. The van der Waals surface area contributed by atoms with Crippen LogP contribution < -0.4 is 14.8 Å². The lowest BCUT2D eigenvalue weighted by Crippen LogP contribution is -2.26. The number of esters is 2. The lowest BCUT2D eigenvalue weighted by molar-refractivity contribution is -0.471. The summed E-state index contributed by atoms with van der Waals surface area (Å²) in [6.07, 6.45) is 0. The van der Waals surface area contributed by atoms with Gasteiger partial charge in [0, 0.05) is 28.6 Å². The average molecular weight is 477 g/mol. The van der Waals surface area contributed by atoms with Crippen LogP contribution in [-0.4, -0.2) is 29.3 Å². The molecule has 1 amide bonds. The molecular weight excluding hydrogens is 456 g/mol. The Morgan fingerprint density at radius 1 is 1.00 bits per heavy atom. The van der Waals surface area contributed by atoms with Crippen LogP contribution in [0, 0.1) is 17.0 Å². The molecule has 2 aromatic carbocycles. The van der Waals surface area contributed by atoms with E-state index in [9.17, 15) is 24.5 Å². The Hall–Kier alpha value is -3.31. The predicted octanol–water partition coefficient (Wildman–Crippen LogP) is 4.17. The molecule has 0 aliphatic rings. The third-order valence-corrected chi connectivity index (χ3v) is 6.07. The van der Waals surface area contributed by atoms with Gasteiger partial charge >= 0.3 is 11.9 Å². The maximum Gasteiger partial charge on any atom is 0.308 e. The number of nitro groups is 1. The molecule has 0 spiro atoms. The Kier molecular flexibility index (Phi) is 8.85. The molecule has 0 unspecified atom stereocenters. The van der Waals surface area contributed by atoms with Crippen molar-refractivity contribution in [3.05, 3.63) is 69.9 Å². The number of carbonyl (C=O) groups is 3. The summed E-state index contributed by atoms with van der Waals surface area (Å²) in [5.74, 6) is -1.18. The maximum absolute atomic E-state index is 12.6. The Balaban J connectivity index is 2.19. The second-order valence-corrected chi connectivity index (χ2v) is 8.76. The molecule has 9 nitrogen and oxygen atoms in total. The fourth-order valence-electron chi connectivity index (χ4n) is 2.44. The van der Waals surface area contributed by atoms with Crippen molar-refractivity contribution in [1.29, 1.82) is 0 Å². The Bertz CT molecular complexity index is 1090. The molecular formula is C21H20N2O7S2. The van der Waals surface area contributed by atoms with E-state index < -0.39 is 29.3 Å². The summed E-state index contributed by atoms with van der Waals surface area (Å²) in [4.78, 5) is 46.6. The minimum absolute atomic E-state index is 0.0276. The van der Waals surface area contributed by atoms with Crippen molar-refractivity contribution >= 4 is 39.4 Å². The second kappa shape index (κ2) is 11.3. The van der Waals surface area contributed by atoms with Gasteiger partial charge in [-0.1, -0.05) is 28.2 Å². The highest BCUT2D eigenvalue weighted by Crippen LogP contribution is 2.40. The first-order valence-electron chi connectivity index (χ1n) is 9.12. The van der Waals surface area contributed by atoms with Gasteiger partial charge in [-0.05, 0) is 48.9 Å². The Labute approximate surface area is 192 Å². The molecule has 0 saturated carbocycles. The van der Waals surface area contributed by atoms with E-state index in [1.807, 2.05) is 13.0 Å². The Morgan fingerprint density at radius 2 is 1.53 bits per heavy atom. The molecule has 0 aromatic heterocycles. The molecule has 0 bridgehead atoms. The summed E-state index contributed by atoms with van der Waals surface area (Å²) in [5.41, 5.74) is 0.738. The lowest BCUT2D eigenvalue weighted by Gasteiger charge is -2.12. The number of hydrogen-bond acceptors (Lipinski definition) is 9. The van der Waals surface area contributed by atoms with Crippen LogP contribution in [0.4, 0.5) is 0 Å². The van der Waals surface area contributed by atoms with Crippen LogP contribution in [0.15, 0.2) is 58.5 Å². The molecule has 1 N–H and O–H groups in total. The van der Waals surface area contributed by atoms with Crippen molar-refractivity contribution < 1.29 is 28.8 Å². The number of rotatable bonds is 9. The summed E-state index contributed by atoms with van der Waals surface area (Å²) in [6.45, 7) is 7.19. The number of carbonyl (C=O) groups excluding carboxylic acids is 3. The van der Waals surface area contributed by atoms with Crippen molar-refractivity contribution in [1.82, 2.24) is 5.32 Å². The van der Waals surface area contributed by atoms with Crippen molar-refractivity contribution in [3.8, 4) is 11.5 Å². The van der Waals surface area contributed by atoms with E-state index in [0.717, 1.165) is 10.5 Å². The highest BCUT2D eigenvalue weighted by Gasteiger charge is 2.18. The summed E-state index contributed by atoms with van der Waals surface area (Å²) in [7, 11) is 2.76.